The standard InChI is InChI=1S/C27H29FN4O4/c1-18-17-23(31-36-18)30-24(33)15-16-25(34)32(22-13-11-20(28)12-14-22)26(19-7-3-2-4-8-19)27(35)29-21-9-5-6-10-21/h2-4,7-8,11-14,17,21,26H,5-6,9-10,15-16H2,1H3,(H,29,35)(H,30,31,33)/t26-/m1/s1. The van der Waals surface area contributed by atoms with Crippen LogP contribution in [0.2, 0.25) is 0 Å². The SMILES string of the molecule is Cc1cc(NC(=O)CCC(=O)N(c2ccc(F)cc2)[C@@H](C(=O)NC2CCCC2)c2ccccc2)no1. The third-order valence-corrected chi connectivity index (χ3v) is 6.16. The number of aromatic nitrogens is 1. The largest absolute Gasteiger partial charge is 0.360 e. The van der Waals surface area contributed by atoms with Crippen molar-refractivity contribution in [2.24, 2.45) is 0 Å². The predicted octanol–water partition coefficient (Wildman–Crippen LogP) is 4.67. The lowest BCUT2D eigenvalue weighted by Gasteiger charge is -2.32. The maximum atomic E-state index is 13.7. The fraction of sp³-hybridized carbons (Fsp3) is 0.333. The van der Waals surface area contributed by atoms with E-state index >= 15 is 0 Å². The van der Waals surface area contributed by atoms with Gasteiger partial charge in [-0.05, 0) is 49.6 Å². The number of carbonyl (C=O) groups is 3. The van der Waals surface area contributed by atoms with E-state index in [4.69, 9.17) is 4.52 Å². The number of carbonyl (C=O) groups excluding carboxylic acids is 3. The van der Waals surface area contributed by atoms with E-state index < -0.39 is 23.7 Å². The van der Waals surface area contributed by atoms with Gasteiger partial charge >= 0.3 is 0 Å². The summed E-state index contributed by atoms with van der Waals surface area (Å²) in [4.78, 5) is 41.0. The minimum Gasteiger partial charge on any atom is -0.360 e. The molecule has 3 aromatic rings. The van der Waals surface area contributed by atoms with Crippen LogP contribution in [0, 0.1) is 12.7 Å². The van der Waals surface area contributed by atoms with Crippen molar-refractivity contribution in [3.8, 4) is 0 Å². The van der Waals surface area contributed by atoms with Crippen LogP contribution in [0.25, 0.3) is 0 Å². The van der Waals surface area contributed by atoms with Crippen molar-refractivity contribution < 1.29 is 23.3 Å². The molecule has 0 saturated heterocycles. The van der Waals surface area contributed by atoms with Gasteiger partial charge in [0.25, 0.3) is 0 Å². The summed E-state index contributed by atoms with van der Waals surface area (Å²) >= 11 is 0. The molecule has 0 spiro atoms. The summed E-state index contributed by atoms with van der Waals surface area (Å²) in [5, 5.41) is 9.40. The zero-order valence-electron chi connectivity index (χ0n) is 20.1. The zero-order valence-corrected chi connectivity index (χ0v) is 20.1. The van der Waals surface area contributed by atoms with Crippen LogP contribution in [0.1, 0.15) is 55.9 Å². The summed E-state index contributed by atoms with van der Waals surface area (Å²) in [6, 6.07) is 15.0. The van der Waals surface area contributed by atoms with Gasteiger partial charge in [0.05, 0.1) is 0 Å². The van der Waals surface area contributed by atoms with Crippen molar-refractivity contribution in [3.63, 3.8) is 0 Å². The normalized spacial score (nSPS) is 14.3. The second-order valence-corrected chi connectivity index (χ2v) is 8.91. The Hall–Kier alpha value is -4.01. The number of benzene rings is 2. The van der Waals surface area contributed by atoms with Gasteiger partial charge in [0.1, 0.15) is 17.6 Å². The predicted molar refractivity (Wildman–Crippen MR) is 133 cm³/mol. The quantitative estimate of drug-likeness (QED) is 0.452. The monoisotopic (exact) mass is 492 g/mol. The van der Waals surface area contributed by atoms with E-state index in [0.717, 1.165) is 25.7 Å². The molecule has 0 aliphatic heterocycles. The number of hydrogen-bond acceptors (Lipinski definition) is 5. The van der Waals surface area contributed by atoms with Crippen LogP contribution in [0.3, 0.4) is 0 Å². The first-order valence-electron chi connectivity index (χ1n) is 12.1. The third kappa shape index (κ3) is 6.35. The molecule has 9 heteroatoms. The molecule has 1 saturated carbocycles. The average molecular weight is 493 g/mol. The van der Waals surface area contributed by atoms with Crippen LogP contribution in [0.4, 0.5) is 15.9 Å². The van der Waals surface area contributed by atoms with Gasteiger partial charge < -0.3 is 15.2 Å². The van der Waals surface area contributed by atoms with E-state index in [0.29, 0.717) is 17.0 Å². The van der Waals surface area contributed by atoms with E-state index in [-0.39, 0.29) is 30.6 Å². The van der Waals surface area contributed by atoms with E-state index in [1.54, 1.807) is 37.3 Å². The van der Waals surface area contributed by atoms with Gasteiger partial charge in [-0.1, -0.05) is 48.3 Å². The number of aryl methyl sites for hydroxylation is 1. The smallest absolute Gasteiger partial charge is 0.248 e. The van der Waals surface area contributed by atoms with Crippen LogP contribution in [0.5, 0.6) is 0 Å². The lowest BCUT2D eigenvalue weighted by Crippen LogP contribution is -2.46. The molecule has 1 atom stereocenters. The number of hydrogen-bond donors (Lipinski definition) is 2. The Balaban J connectivity index is 1.59. The number of rotatable bonds is 9. The van der Waals surface area contributed by atoms with Crippen molar-refractivity contribution in [1.82, 2.24) is 10.5 Å². The van der Waals surface area contributed by atoms with Gasteiger partial charge in [-0.15, -0.1) is 0 Å². The number of amides is 3. The topological polar surface area (TPSA) is 105 Å². The van der Waals surface area contributed by atoms with E-state index in [1.807, 2.05) is 6.07 Å². The minimum atomic E-state index is -0.981. The van der Waals surface area contributed by atoms with Crippen LogP contribution in [-0.4, -0.2) is 28.9 Å². The molecular weight excluding hydrogens is 463 g/mol. The van der Waals surface area contributed by atoms with Gasteiger partial charge in [-0.3, -0.25) is 19.3 Å². The molecule has 1 fully saturated rings. The Labute approximate surface area is 208 Å². The van der Waals surface area contributed by atoms with Gasteiger partial charge in [0.2, 0.25) is 17.7 Å². The molecule has 1 aliphatic rings. The molecule has 1 aromatic heterocycles. The fourth-order valence-electron chi connectivity index (χ4n) is 4.41. The highest BCUT2D eigenvalue weighted by atomic mass is 19.1. The zero-order chi connectivity index (χ0) is 25.5. The van der Waals surface area contributed by atoms with Crippen molar-refractivity contribution in [3.05, 3.63) is 77.8 Å². The van der Waals surface area contributed by atoms with Gasteiger partial charge in [-0.2, -0.15) is 0 Å². The maximum absolute atomic E-state index is 13.7. The van der Waals surface area contributed by atoms with Crippen molar-refractivity contribution in [2.45, 2.75) is 57.5 Å². The number of nitrogens with zero attached hydrogens (tertiary/aromatic N) is 2. The molecule has 2 N–H and O–H groups in total. The Morgan fingerprint density at radius 2 is 1.75 bits per heavy atom. The highest BCUT2D eigenvalue weighted by molar-refractivity contribution is 6.03. The minimum absolute atomic E-state index is 0.0468. The summed E-state index contributed by atoms with van der Waals surface area (Å²) in [5.41, 5.74) is 0.984. The number of anilines is 2. The maximum Gasteiger partial charge on any atom is 0.248 e. The summed E-state index contributed by atoms with van der Waals surface area (Å²) in [5.74, 6) is -0.819. The summed E-state index contributed by atoms with van der Waals surface area (Å²) in [6.07, 6.45) is 3.57. The van der Waals surface area contributed by atoms with Crippen LogP contribution < -0.4 is 15.5 Å². The molecule has 0 bridgehead atoms. The molecule has 1 aliphatic carbocycles. The van der Waals surface area contributed by atoms with Crippen LogP contribution >= 0.6 is 0 Å². The lowest BCUT2D eigenvalue weighted by atomic mass is 10.0. The molecule has 2 aromatic carbocycles. The van der Waals surface area contributed by atoms with Crippen LogP contribution in [0.15, 0.2) is 65.2 Å². The van der Waals surface area contributed by atoms with Crippen LogP contribution in [-0.2, 0) is 14.4 Å². The second kappa shape index (κ2) is 11.6. The summed E-state index contributed by atoms with van der Waals surface area (Å²) < 4.78 is 18.7. The first kappa shape index (κ1) is 25.1. The first-order valence-corrected chi connectivity index (χ1v) is 12.1. The molecule has 0 unspecified atom stereocenters. The number of halogens is 1. The molecular formula is C27H29FN4O4. The molecule has 4 rings (SSSR count). The van der Waals surface area contributed by atoms with Gasteiger partial charge in [0, 0.05) is 30.6 Å². The third-order valence-electron chi connectivity index (χ3n) is 6.16. The molecule has 8 nitrogen and oxygen atoms in total. The lowest BCUT2D eigenvalue weighted by molar-refractivity contribution is -0.127. The molecule has 36 heavy (non-hydrogen) atoms. The van der Waals surface area contributed by atoms with E-state index in [9.17, 15) is 18.8 Å². The first-order chi connectivity index (χ1) is 17.4. The Kier molecular flexibility index (Phi) is 8.10. The van der Waals surface area contributed by atoms with E-state index in [2.05, 4.69) is 15.8 Å². The number of nitrogens with one attached hydrogen (secondary N) is 2. The molecule has 1 heterocycles. The summed E-state index contributed by atoms with van der Waals surface area (Å²) in [7, 11) is 0. The van der Waals surface area contributed by atoms with E-state index in [1.165, 1.54) is 29.2 Å². The molecule has 0 radical (unpaired) electrons. The van der Waals surface area contributed by atoms with Gasteiger partial charge in [0.15, 0.2) is 5.82 Å². The summed E-state index contributed by atoms with van der Waals surface area (Å²) in [6.45, 7) is 1.70. The Bertz CT molecular complexity index is 1190. The highest BCUT2D eigenvalue weighted by Crippen LogP contribution is 2.30. The highest BCUT2D eigenvalue weighted by Gasteiger charge is 2.34. The second-order valence-electron chi connectivity index (χ2n) is 8.91. The molecule has 188 valence electrons. The molecule has 3 amide bonds. The van der Waals surface area contributed by atoms with Crippen molar-refractivity contribution in [1.29, 1.82) is 0 Å². The average Bonchev–Trinajstić information content (AvgIpc) is 3.53. The fourth-order valence-corrected chi connectivity index (χ4v) is 4.41. The van der Waals surface area contributed by atoms with Crippen molar-refractivity contribution >= 4 is 29.2 Å². The van der Waals surface area contributed by atoms with Gasteiger partial charge in [-0.25, -0.2) is 4.39 Å². The Morgan fingerprint density at radius 1 is 1.06 bits per heavy atom. The van der Waals surface area contributed by atoms with Crippen molar-refractivity contribution in [2.75, 3.05) is 10.2 Å². The Morgan fingerprint density at radius 3 is 2.39 bits per heavy atom.